The minimum atomic E-state index is 0.0965. The number of nitrogens with one attached hydrogen (secondary N) is 1. The first-order valence-corrected chi connectivity index (χ1v) is 8.12. The van der Waals surface area contributed by atoms with Gasteiger partial charge < -0.3 is 5.32 Å². The first-order chi connectivity index (χ1) is 9.28. The van der Waals surface area contributed by atoms with Crippen LogP contribution in [0.3, 0.4) is 0 Å². The minimum absolute atomic E-state index is 0.0965. The SMILES string of the molecule is CCCn1ncc(Cl)c1C1(C2CC2)CCCCCN1. The molecule has 4 heteroatoms. The van der Waals surface area contributed by atoms with Crippen molar-refractivity contribution < 1.29 is 0 Å². The average molecular weight is 282 g/mol. The lowest BCUT2D eigenvalue weighted by Crippen LogP contribution is -2.45. The van der Waals surface area contributed by atoms with Gasteiger partial charge in [-0.2, -0.15) is 5.10 Å². The highest BCUT2D eigenvalue weighted by Gasteiger charge is 2.49. The van der Waals surface area contributed by atoms with Crippen LogP contribution in [0.15, 0.2) is 6.20 Å². The molecule has 0 bridgehead atoms. The lowest BCUT2D eigenvalue weighted by molar-refractivity contribution is 0.256. The maximum absolute atomic E-state index is 6.51. The fraction of sp³-hybridized carbons (Fsp3) is 0.800. The van der Waals surface area contributed by atoms with Gasteiger partial charge in [0.15, 0.2) is 0 Å². The van der Waals surface area contributed by atoms with Gasteiger partial charge >= 0.3 is 0 Å². The largest absolute Gasteiger partial charge is 0.306 e. The predicted molar refractivity (Wildman–Crippen MR) is 78.4 cm³/mol. The topological polar surface area (TPSA) is 29.9 Å². The zero-order chi connectivity index (χ0) is 13.3. The summed E-state index contributed by atoms with van der Waals surface area (Å²) in [6, 6.07) is 0. The molecule has 2 aliphatic rings. The van der Waals surface area contributed by atoms with E-state index in [0.29, 0.717) is 0 Å². The highest BCUT2D eigenvalue weighted by Crippen LogP contribution is 2.50. The number of rotatable bonds is 4. The van der Waals surface area contributed by atoms with Gasteiger partial charge in [0.2, 0.25) is 0 Å². The zero-order valence-corrected chi connectivity index (χ0v) is 12.5. The van der Waals surface area contributed by atoms with Crippen molar-refractivity contribution in [3.8, 4) is 0 Å². The van der Waals surface area contributed by atoms with Gasteiger partial charge in [-0.1, -0.05) is 31.4 Å². The second-order valence-corrected chi connectivity index (χ2v) is 6.45. The Labute approximate surface area is 120 Å². The monoisotopic (exact) mass is 281 g/mol. The number of aryl methyl sites for hydroxylation is 1. The van der Waals surface area contributed by atoms with E-state index in [-0.39, 0.29) is 5.54 Å². The van der Waals surface area contributed by atoms with Crippen LogP contribution >= 0.6 is 11.6 Å². The molecule has 0 aromatic carbocycles. The van der Waals surface area contributed by atoms with Crippen LogP contribution in [0, 0.1) is 5.92 Å². The number of aromatic nitrogens is 2. The van der Waals surface area contributed by atoms with Crippen LogP contribution in [0.5, 0.6) is 0 Å². The first-order valence-electron chi connectivity index (χ1n) is 7.75. The van der Waals surface area contributed by atoms with Crippen molar-refractivity contribution in [3.05, 3.63) is 16.9 Å². The van der Waals surface area contributed by atoms with E-state index >= 15 is 0 Å². The molecule has 3 nitrogen and oxygen atoms in total. The van der Waals surface area contributed by atoms with Gasteiger partial charge in [-0.15, -0.1) is 0 Å². The van der Waals surface area contributed by atoms with E-state index in [9.17, 15) is 0 Å². The molecule has 1 aromatic heterocycles. The smallest absolute Gasteiger partial charge is 0.0837 e. The third-order valence-corrected chi connectivity index (χ3v) is 4.89. The summed E-state index contributed by atoms with van der Waals surface area (Å²) in [5.41, 5.74) is 1.36. The molecule has 0 radical (unpaired) electrons. The molecule has 2 heterocycles. The van der Waals surface area contributed by atoms with E-state index < -0.39 is 0 Å². The van der Waals surface area contributed by atoms with E-state index in [1.807, 2.05) is 6.20 Å². The molecule has 0 spiro atoms. The van der Waals surface area contributed by atoms with Crippen molar-refractivity contribution in [2.45, 2.75) is 64.0 Å². The summed E-state index contributed by atoms with van der Waals surface area (Å²) >= 11 is 6.51. The Hall–Kier alpha value is -0.540. The molecule has 1 atom stereocenters. The number of halogens is 1. The van der Waals surface area contributed by atoms with E-state index in [0.717, 1.165) is 30.5 Å². The molecule has 106 valence electrons. The molecule has 0 amide bonds. The maximum Gasteiger partial charge on any atom is 0.0837 e. The summed E-state index contributed by atoms with van der Waals surface area (Å²) in [4.78, 5) is 0. The predicted octanol–water partition coefficient (Wildman–Crippen LogP) is 3.72. The van der Waals surface area contributed by atoms with E-state index in [1.165, 1.54) is 44.2 Å². The highest BCUT2D eigenvalue weighted by molar-refractivity contribution is 6.31. The fourth-order valence-corrected chi connectivity index (χ4v) is 3.92. The molecule has 1 unspecified atom stereocenters. The Kier molecular flexibility index (Phi) is 3.86. The van der Waals surface area contributed by atoms with Gasteiger partial charge in [0.1, 0.15) is 0 Å². The van der Waals surface area contributed by atoms with Crippen molar-refractivity contribution in [2.75, 3.05) is 6.54 Å². The quantitative estimate of drug-likeness (QED) is 0.912. The minimum Gasteiger partial charge on any atom is -0.306 e. The normalized spacial score (nSPS) is 28.3. The van der Waals surface area contributed by atoms with Gasteiger partial charge in [-0.3, -0.25) is 4.68 Å². The van der Waals surface area contributed by atoms with Crippen LogP contribution < -0.4 is 5.32 Å². The van der Waals surface area contributed by atoms with E-state index in [4.69, 9.17) is 11.6 Å². The Balaban J connectivity index is 2.01. The van der Waals surface area contributed by atoms with Crippen molar-refractivity contribution in [1.29, 1.82) is 0 Å². The molecule has 19 heavy (non-hydrogen) atoms. The highest BCUT2D eigenvalue weighted by atomic mass is 35.5. The van der Waals surface area contributed by atoms with E-state index in [1.54, 1.807) is 0 Å². The Morgan fingerprint density at radius 3 is 3.00 bits per heavy atom. The Morgan fingerprint density at radius 1 is 1.42 bits per heavy atom. The molecule has 1 saturated heterocycles. The van der Waals surface area contributed by atoms with Crippen molar-refractivity contribution in [3.63, 3.8) is 0 Å². The standard InChI is InChI=1S/C15H24ClN3/c1-2-10-19-14(13(16)11-18-19)15(12-6-7-12)8-4-3-5-9-17-15/h11-12,17H,2-10H2,1H3. The zero-order valence-electron chi connectivity index (χ0n) is 11.8. The lowest BCUT2D eigenvalue weighted by Gasteiger charge is -2.35. The van der Waals surface area contributed by atoms with Crippen LogP contribution in [0.4, 0.5) is 0 Å². The molecular weight excluding hydrogens is 258 g/mol. The van der Waals surface area contributed by atoms with Crippen molar-refractivity contribution in [2.24, 2.45) is 5.92 Å². The molecule has 2 fully saturated rings. The number of nitrogens with zero attached hydrogens (tertiary/aromatic N) is 2. The summed E-state index contributed by atoms with van der Waals surface area (Å²) in [5, 5.41) is 9.22. The third kappa shape index (κ3) is 2.43. The van der Waals surface area contributed by atoms with Crippen LogP contribution in [-0.4, -0.2) is 16.3 Å². The summed E-state index contributed by atoms with van der Waals surface area (Å²) < 4.78 is 2.15. The number of hydrogen-bond acceptors (Lipinski definition) is 2. The number of hydrogen-bond donors (Lipinski definition) is 1. The molecule has 1 saturated carbocycles. The van der Waals surface area contributed by atoms with Gasteiger partial charge in [0.25, 0.3) is 0 Å². The summed E-state index contributed by atoms with van der Waals surface area (Å²) in [7, 11) is 0. The summed E-state index contributed by atoms with van der Waals surface area (Å²) in [5.74, 6) is 0.760. The van der Waals surface area contributed by atoms with Gasteiger partial charge in [-0.25, -0.2) is 0 Å². The molecule has 1 N–H and O–H groups in total. The second kappa shape index (κ2) is 5.45. The third-order valence-electron chi connectivity index (χ3n) is 4.62. The van der Waals surface area contributed by atoms with Crippen molar-refractivity contribution in [1.82, 2.24) is 15.1 Å². The molecular formula is C15H24ClN3. The van der Waals surface area contributed by atoms with Crippen LogP contribution in [0.2, 0.25) is 5.02 Å². The first kappa shape index (κ1) is 13.4. The maximum atomic E-state index is 6.51. The Bertz CT molecular complexity index is 429. The van der Waals surface area contributed by atoms with Gasteiger partial charge in [0.05, 0.1) is 22.5 Å². The van der Waals surface area contributed by atoms with Crippen LogP contribution in [0.1, 0.15) is 57.6 Å². The van der Waals surface area contributed by atoms with Gasteiger partial charge in [0, 0.05) is 6.54 Å². The average Bonchev–Trinajstić information content (AvgIpc) is 3.20. The fourth-order valence-electron chi connectivity index (χ4n) is 3.61. The summed E-state index contributed by atoms with van der Waals surface area (Å²) in [6.45, 7) is 4.28. The lowest BCUT2D eigenvalue weighted by atomic mass is 9.84. The van der Waals surface area contributed by atoms with Crippen LogP contribution in [0.25, 0.3) is 0 Å². The molecule has 1 aromatic rings. The second-order valence-electron chi connectivity index (χ2n) is 6.05. The van der Waals surface area contributed by atoms with Crippen molar-refractivity contribution >= 4 is 11.6 Å². The van der Waals surface area contributed by atoms with Crippen LogP contribution in [-0.2, 0) is 12.1 Å². The van der Waals surface area contributed by atoms with E-state index in [2.05, 4.69) is 22.0 Å². The Morgan fingerprint density at radius 2 is 2.26 bits per heavy atom. The summed E-state index contributed by atoms with van der Waals surface area (Å²) in [6.07, 6.45) is 10.7. The molecule has 1 aliphatic carbocycles. The molecule has 3 rings (SSSR count). The molecule has 1 aliphatic heterocycles. The van der Waals surface area contributed by atoms with Gasteiger partial charge in [-0.05, 0) is 44.6 Å².